The van der Waals surface area contributed by atoms with E-state index >= 15 is 0 Å². The van der Waals surface area contributed by atoms with Gasteiger partial charge in [0.2, 0.25) is 0 Å². The van der Waals surface area contributed by atoms with Crippen LogP contribution in [0, 0.1) is 16.2 Å². The summed E-state index contributed by atoms with van der Waals surface area (Å²) in [5.41, 5.74) is -1.58. The van der Waals surface area contributed by atoms with Gasteiger partial charge in [-0.25, -0.2) is 4.57 Å². The minimum atomic E-state index is -3.93. The van der Waals surface area contributed by atoms with Crippen molar-refractivity contribution in [1.29, 1.82) is 0 Å². The molecule has 0 aromatic heterocycles. The molecule has 0 N–H and O–H groups in total. The molecule has 8 heteroatoms. The van der Waals surface area contributed by atoms with Crippen molar-refractivity contribution >= 4 is 26.7 Å². The van der Waals surface area contributed by atoms with E-state index in [0.29, 0.717) is 0 Å². The predicted molar refractivity (Wildman–Crippen MR) is 98.8 cm³/mol. The molecule has 0 aliphatic rings. The predicted octanol–water partition coefficient (Wildman–Crippen LogP) is 3.99. The van der Waals surface area contributed by atoms with Crippen LogP contribution in [0.25, 0.3) is 0 Å². The van der Waals surface area contributed by atoms with Gasteiger partial charge in [0.05, 0.1) is 19.8 Å². The number of phosphoric ester groups is 1. The molecule has 0 spiro atoms. The molecule has 0 aliphatic carbocycles. The number of rotatable bonds is 15. The molecule has 0 rings (SSSR count). The number of carbonyl (C=O) groups is 3. The number of phosphoric acid groups is 1. The minimum absolute atomic E-state index is 0.00519. The van der Waals surface area contributed by atoms with Gasteiger partial charge in [-0.15, -0.1) is 0 Å². The lowest BCUT2D eigenvalue weighted by atomic mass is 9.92. The van der Waals surface area contributed by atoms with E-state index in [0.717, 1.165) is 18.9 Å². The molecule has 152 valence electrons. The first-order chi connectivity index (χ1) is 11.8. The van der Waals surface area contributed by atoms with E-state index in [1.54, 1.807) is 41.5 Å². The van der Waals surface area contributed by atoms with E-state index in [4.69, 9.17) is 13.6 Å². The molecule has 0 bridgehead atoms. The Bertz CT molecular complexity index is 440. The van der Waals surface area contributed by atoms with E-state index < -0.39 is 24.1 Å². The highest BCUT2D eigenvalue weighted by molar-refractivity contribution is 7.48. The lowest BCUT2D eigenvalue weighted by Crippen LogP contribution is -2.25. The SMILES string of the molecule is CC(C)(CC=O)COP(=O)(OCC(C)(C)CC=O)OCC(C)(C)CC=O. The standard InChI is InChI=1S/C18H33O7P/c1-16(2,7-10-19)13-23-26(22,24-14-17(3,4)8-11-20)25-15-18(5,6)9-12-21/h10-12H,7-9,13-15H2,1-6H3. The van der Waals surface area contributed by atoms with Gasteiger partial charge in [0.25, 0.3) is 0 Å². The van der Waals surface area contributed by atoms with E-state index in [1.807, 2.05) is 0 Å². The Hall–Kier alpha value is -0.880. The van der Waals surface area contributed by atoms with Gasteiger partial charge in [0.15, 0.2) is 0 Å². The van der Waals surface area contributed by atoms with Crippen molar-refractivity contribution in [3.63, 3.8) is 0 Å². The van der Waals surface area contributed by atoms with Crippen LogP contribution < -0.4 is 0 Å². The number of hydrogen-bond acceptors (Lipinski definition) is 7. The molecule has 0 atom stereocenters. The fraction of sp³-hybridized carbons (Fsp3) is 0.833. The maximum Gasteiger partial charge on any atom is 0.474 e. The van der Waals surface area contributed by atoms with Gasteiger partial charge < -0.3 is 14.4 Å². The average Bonchev–Trinajstić information content (AvgIpc) is 2.50. The fourth-order valence-electron chi connectivity index (χ4n) is 1.73. The first-order valence-electron chi connectivity index (χ1n) is 8.65. The summed E-state index contributed by atoms with van der Waals surface area (Å²) in [7, 11) is -3.93. The topological polar surface area (TPSA) is 96.0 Å². The zero-order valence-electron chi connectivity index (χ0n) is 16.8. The van der Waals surface area contributed by atoms with Crippen LogP contribution in [-0.4, -0.2) is 38.7 Å². The molecular formula is C18H33O7P. The lowest BCUT2D eigenvalue weighted by molar-refractivity contribution is -0.110. The van der Waals surface area contributed by atoms with Crippen molar-refractivity contribution in [3.05, 3.63) is 0 Å². The summed E-state index contributed by atoms with van der Waals surface area (Å²) in [6, 6.07) is 0. The van der Waals surface area contributed by atoms with Crippen LogP contribution in [0.3, 0.4) is 0 Å². The second kappa shape index (κ2) is 10.5. The van der Waals surface area contributed by atoms with Crippen molar-refractivity contribution in [1.82, 2.24) is 0 Å². The summed E-state index contributed by atoms with van der Waals surface area (Å²) in [5.74, 6) is 0. The van der Waals surface area contributed by atoms with Crippen LogP contribution in [0.4, 0.5) is 0 Å². The molecule has 0 saturated heterocycles. The fourth-order valence-corrected chi connectivity index (χ4v) is 3.47. The van der Waals surface area contributed by atoms with Gasteiger partial charge in [-0.1, -0.05) is 41.5 Å². The molecule has 26 heavy (non-hydrogen) atoms. The third-order valence-corrected chi connectivity index (χ3v) is 5.08. The van der Waals surface area contributed by atoms with E-state index in [2.05, 4.69) is 0 Å². The van der Waals surface area contributed by atoms with Gasteiger partial charge in [-0.2, -0.15) is 0 Å². The van der Waals surface area contributed by atoms with E-state index in [9.17, 15) is 18.9 Å². The molecule has 0 aromatic rings. The largest absolute Gasteiger partial charge is 0.474 e. The van der Waals surface area contributed by atoms with Crippen molar-refractivity contribution in [2.75, 3.05) is 19.8 Å². The summed E-state index contributed by atoms with van der Waals surface area (Å²) in [5, 5.41) is 0. The summed E-state index contributed by atoms with van der Waals surface area (Å²) >= 11 is 0. The maximum absolute atomic E-state index is 13.0. The highest BCUT2D eigenvalue weighted by Gasteiger charge is 2.35. The van der Waals surface area contributed by atoms with Crippen molar-refractivity contribution in [3.8, 4) is 0 Å². The third kappa shape index (κ3) is 11.0. The lowest BCUT2D eigenvalue weighted by Gasteiger charge is -2.30. The van der Waals surface area contributed by atoms with Gasteiger partial charge >= 0.3 is 7.82 Å². The Balaban J connectivity index is 5.11. The number of aldehydes is 3. The van der Waals surface area contributed by atoms with Crippen LogP contribution >= 0.6 is 7.82 Å². The Morgan fingerprint density at radius 3 is 1.04 bits per heavy atom. The molecule has 0 heterocycles. The summed E-state index contributed by atoms with van der Waals surface area (Å²) < 4.78 is 29.4. The quantitative estimate of drug-likeness (QED) is 0.307. The molecule has 0 fully saturated rings. The second-order valence-corrected chi connectivity index (χ2v) is 10.5. The molecule has 7 nitrogen and oxygen atoms in total. The highest BCUT2D eigenvalue weighted by atomic mass is 31.2. The Morgan fingerprint density at radius 1 is 0.615 bits per heavy atom. The van der Waals surface area contributed by atoms with Gasteiger partial charge in [-0.3, -0.25) is 13.6 Å². The molecule has 0 unspecified atom stereocenters. The third-order valence-electron chi connectivity index (χ3n) is 3.75. The van der Waals surface area contributed by atoms with Crippen LogP contribution in [-0.2, 0) is 32.5 Å². The van der Waals surface area contributed by atoms with Gasteiger partial charge in [-0.05, 0) is 16.2 Å². The van der Waals surface area contributed by atoms with Crippen molar-refractivity contribution in [2.24, 2.45) is 16.2 Å². The monoisotopic (exact) mass is 392 g/mol. The zero-order chi connectivity index (χ0) is 20.5. The smallest absolute Gasteiger partial charge is 0.303 e. The van der Waals surface area contributed by atoms with Gasteiger partial charge in [0.1, 0.15) is 18.9 Å². The molecule has 0 aromatic carbocycles. The van der Waals surface area contributed by atoms with E-state index in [-0.39, 0.29) is 39.1 Å². The zero-order valence-corrected chi connectivity index (χ0v) is 17.7. The highest BCUT2D eigenvalue weighted by Crippen LogP contribution is 2.53. The Morgan fingerprint density at radius 2 is 0.846 bits per heavy atom. The Kier molecular flexibility index (Phi) is 10.1. The van der Waals surface area contributed by atoms with Crippen LogP contribution in [0.1, 0.15) is 60.8 Å². The first-order valence-corrected chi connectivity index (χ1v) is 10.1. The molecule has 0 amide bonds. The van der Waals surface area contributed by atoms with E-state index in [1.165, 1.54) is 0 Å². The summed E-state index contributed by atoms with van der Waals surface area (Å²) in [6.07, 6.45) is 3.03. The number of carbonyl (C=O) groups excluding carboxylic acids is 3. The molecular weight excluding hydrogens is 359 g/mol. The summed E-state index contributed by atoms with van der Waals surface area (Å²) in [6.45, 7) is 10.8. The van der Waals surface area contributed by atoms with Crippen LogP contribution in [0.15, 0.2) is 0 Å². The molecule has 0 aliphatic heterocycles. The van der Waals surface area contributed by atoms with Crippen molar-refractivity contribution < 1.29 is 32.5 Å². The second-order valence-electron chi connectivity index (χ2n) is 8.87. The minimum Gasteiger partial charge on any atom is -0.303 e. The molecule has 0 radical (unpaired) electrons. The first kappa shape index (κ1) is 25.1. The number of hydrogen-bond donors (Lipinski definition) is 0. The van der Waals surface area contributed by atoms with Gasteiger partial charge in [0, 0.05) is 19.3 Å². The average molecular weight is 392 g/mol. The normalized spacial score (nSPS) is 13.5. The van der Waals surface area contributed by atoms with Crippen LogP contribution in [0.2, 0.25) is 0 Å². The Labute approximate surface area is 156 Å². The van der Waals surface area contributed by atoms with Crippen LogP contribution in [0.5, 0.6) is 0 Å². The maximum atomic E-state index is 13.0. The van der Waals surface area contributed by atoms with Crippen molar-refractivity contribution in [2.45, 2.75) is 60.8 Å². The molecule has 0 saturated carbocycles. The summed E-state index contributed by atoms with van der Waals surface area (Å²) in [4.78, 5) is 32.2.